The van der Waals surface area contributed by atoms with Gasteiger partial charge < -0.3 is 9.47 Å². The van der Waals surface area contributed by atoms with E-state index >= 15 is 0 Å². The number of hydrogen-bond donors (Lipinski definition) is 0. The Morgan fingerprint density at radius 1 is 1.20 bits per heavy atom. The monoisotopic (exact) mass is 364 g/mol. The summed E-state index contributed by atoms with van der Waals surface area (Å²) in [7, 11) is 0. The first kappa shape index (κ1) is 18.5. The molecule has 0 aliphatic heterocycles. The third-order valence-electron chi connectivity index (χ3n) is 6.07. The number of rotatable bonds is 7. The summed E-state index contributed by atoms with van der Waals surface area (Å²) in [5, 5.41) is 0. The van der Waals surface area contributed by atoms with Crippen LogP contribution in [0.5, 0.6) is 0 Å². The molecule has 2 unspecified atom stereocenters. The molecule has 0 amide bonds. The van der Waals surface area contributed by atoms with Gasteiger partial charge in [0.15, 0.2) is 0 Å². The normalized spacial score (nSPS) is 37.0. The Bertz CT molecular complexity index is 541. The first-order valence-corrected chi connectivity index (χ1v) is 8.73. The Labute approximate surface area is 144 Å². The lowest BCUT2D eigenvalue weighted by atomic mass is 9.48. The number of alkyl halides is 4. The second-order valence-corrected chi connectivity index (χ2v) is 8.19. The number of ether oxygens (including phenoxy) is 2. The highest BCUT2D eigenvalue weighted by atomic mass is 19.3. The molecule has 4 fully saturated rings. The van der Waals surface area contributed by atoms with E-state index in [1.165, 1.54) is 6.26 Å². The van der Waals surface area contributed by atoms with Crippen molar-refractivity contribution >= 4 is 5.97 Å². The van der Waals surface area contributed by atoms with Crippen molar-refractivity contribution in [3.05, 3.63) is 12.8 Å². The van der Waals surface area contributed by atoms with Crippen molar-refractivity contribution in [3.8, 4) is 0 Å². The summed E-state index contributed by atoms with van der Waals surface area (Å²) in [6, 6.07) is 0. The molecule has 3 nitrogen and oxygen atoms in total. The van der Waals surface area contributed by atoms with E-state index in [-0.39, 0.29) is 6.92 Å². The van der Waals surface area contributed by atoms with Crippen LogP contribution in [0.15, 0.2) is 12.8 Å². The van der Waals surface area contributed by atoms with E-state index in [0.29, 0.717) is 31.1 Å². The van der Waals surface area contributed by atoms with Crippen molar-refractivity contribution in [2.75, 3.05) is 6.61 Å². The summed E-state index contributed by atoms with van der Waals surface area (Å²) < 4.78 is 63.2. The molecule has 0 aromatic rings. The van der Waals surface area contributed by atoms with Crippen LogP contribution in [0.3, 0.4) is 0 Å². The van der Waals surface area contributed by atoms with Gasteiger partial charge >= 0.3 is 17.8 Å². The largest absolute Gasteiger partial charge is 0.495 e. The lowest BCUT2D eigenvalue weighted by Crippen LogP contribution is -2.59. The minimum Gasteiger partial charge on any atom is -0.495 e. The van der Waals surface area contributed by atoms with Gasteiger partial charge in [0.25, 0.3) is 0 Å². The lowest BCUT2D eigenvalue weighted by molar-refractivity contribution is -0.213. The fourth-order valence-electron chi connectivity index (χ4n) is 5.38. The Morgan fingerprint density at radius 3 is 2.32 bits per heavy atom. The van der Waals surface area contributed by atoms with Crippen LogP contribution in [-0.2, 0) is 14.3 Å². The van der Waals surface area contributed by atoms with E-state index in [1.54, 1.807) is 0 Å². The number of carbonyl (C=O) groups is 1. The molecule has 0 aromatic heterocycles. The Morgan fingerprint density at radius 2 is 1.80 bits per heavy atom. The molecule has 0 spiro atoms. The molecule has 0 saturated heterocycles. The van der Waals surface area contributed by atoms with E-state index < -0.39 is 41.9 Å². The molecule has 0 N–H and O–H groups in total. The zero-order valence-corrected chi connectivity index (χ0v) is 14.3. The minimum absolute atomic E-state index is 0.171. The van der Waals surface area contributed by atoms with Gasteiger partial charge in [-0.05, 0) is 43.9 Å². The maximum absolute atomic E-state index is 13.3. The summed E-state index contributed by atoms with van der Waals surface area (Å²) in [5.74, 6) is -8.19. The van der Waals surface area contributed by atoms with Gasteiger partial charge in [-0.1, -0.05) is 6.58 Å². The Hall–Kier alpha value is -1.27. The highest BCUT2D eigenvalue weighted by Crippen LogP contribution is 2.63. The molecule has 0 heterocycles. The van der Waals surface area contributed by atoms with Crippen LogP contribution in [0.25, 0.3) is 0 Å². The smallest absolute Gasteiger partial charge is 0.313 e. The van der Waals surface area contributed by atoms with Crippen LogP contribution in [0.1, 0.15) is 51.9 Å². The second-order valence-electron chi connectivity index (χ2n) is 8.19. The SMILES string of the molecule is C=COC12CC3CC(C1)CC(C(=O)OCCC(F)(F)C(C)(F)F)(C3)C2. The predicted molar refractivity (Wildman–Crippen MR) is 82.3 cm³/mol. The summed E-state index contributed by atoms with van der Waals surface area (Å²) in [6.45, 7) is 3.08. The Kier molecular flexibility index (Phi) is 4.35. The maximum atomic E-state index is 13.3. The number of carbonyl (C=O) groups excluding carboxylic acids is 1. The fourth-order valence-corrected chi connectivity index (χ4v) is 5.38. The number of hydrogen-bond acceptors (Lipinski definition) is 3. The molecule has 4 aliphatic carbocycles. The molecule has 0 radical (unpaired) electrons. The zero-order chi connectivity index (χ0) is 18.5. The molecule has 4 saturated carbocycles. The predicted octanol–water partition coefficient (Wildman–Crippen LogP) is 4.71. The van der Waals surface area contributed by atoms with Gasteiger partial charge in [-0.25, -0.2) is 8.78 Å². The molecule has 4 rings (SSSR count). The van der Waals surface area contributed by atoms with Crippen molar-refractivity contribution in [2.24, 2.45) is 17.3 Å². The molecule has 4 bridgehead atoms. The number of esters is 1. The molecule has 2 atom stereocenters. The fraction of sp³-hybridized carbons (Fsp3) is 0.833. The summed E-state index contributed by atoms with van der Waals surface area (Å²) in [6.07, 6.45) is 4.79. The average Bonchev–Trinajstić information content (AvgIpc) is 2.44. The van der Waals surface area contributed by atoms with Gasteiger partial charge in [-0.3, -0.25) is 4.79 Å². The highest BCUT2D eigenvalue weighted by molar-refractivity contribution is 5.77. The van der Waals surface area contributed by atoms with Crippen LogP contribution in [0, 0.1) is 17.3 Å². The average molecular weight is 364 g/mol. The first-order chi connectivity index (χ1) is 11.5. The Balaban J connectivity index is 1.65. The van der Waals surface area contributed by atoms with E-state index in [9.17, 15) is 22.4 Å². The van der Waals surface area contributed by atoms with Gasteiger partial charge in [0.1, 0.15) is 5.60 Å². The van der Waals surface area contributed by atoms with Crippen LogP contribution >= 0.6 is 0 Å². The quantitative estimate of drug-likeness (QED) is 0.373. The van der Waals surface area contributed by atoms with E-state index in [0.717, 1.165) is 19.3 Å². The molecule has 142 valence electrons. The third kappa shape index (κ3) is 3.26. The van der Waals surface area contributed by atoms with Gasteiger partial charge in [0, 0.05) is 13.3 Å². The van der Waals surface area contributed by atoms with Crippen molar-refractivity contribution < 1.29 is 31.8 Å². The zero-order valence-electron chi connectivity index (χ0n) is 14.3. The molecule has 4 aliphatic rings. The topological polar surface area (TPSA) is 35.5 Å². The van der Waals surface area contributed by atoms with Crippen LogP contribution in [0.2, 0.25) is 0 Å². The van der Waals surface area contributed by atoms with Crippen molar-refractivity contribution in [1.29, 1.82) is 0 Å². The van der Waals surface area contributed by atoms with Crippen LogP contribution < -0.4 is 0 Å². The van der Waals surface area contributed by atoms with Crippen LogP contribution in [-0.4, -0.2) is 30.0 Å². The standard InChI is InChI=1S/C18H24F4O3/c1-3-25-17-9-12-6-13(10-17)8-16(7-12,11-17)14(23)24-5-4-18(21,22)15(2,19)20/h3,12-13H,1,4-11H2,2H3. The van der Waals surface area contributed by atoms with Gasteiger partial charge in [-0.2, -0.15) is 8.78 Å². The van der Waals surface area contributed by atoms with Gasteiger partial charge in [-0.15, -0.1) is 0 Å². The first-order valence-electron chi connectivity index (χ1n) is 8.73. The molecular weight excluding hydrogens is 340 g/mol. The van der Waals surface area contributed by atoms with Gasteiger partial charge in [0.05, 0.1) is 24.7 Å². The molecule has 25 heavy (non-hydrogen) atoms. The van der Waals surface area contributed by atoms with Gasteiger partial charge in [0.2, 0.25) is 0 Å². The lowest BCUT2D eigenvalue weighted by Gasteiger charge is -2.59. The van der Waals surface area contributed by atoms with Crippen molar-refractivity contribution in [1.82, 2.24) is 0 Å². The molecule has 7 heteroatoms. The molecular formula is C18H24F4O3. The second kappa shape index (κ2) is 5.88. The highest BCUT2D eigenvalue weighted by Gasteiger charge is 2.62. The van der Waals surface area contributed by atoms with Crippen molar-refractivity contribution in [2.45, 2.75) is 69.3 Å². The maximum Gasteiger partial charge on any atom is 0.313 e. The summed E-state index contributed by atoms with van der Waals surface area (Å²) in [5.41, 5.74) is -1.16. The minimum atomic E-state index is -4.19. The third-order valence-corrected chi connectivity index (χ3v) is 6.07. The van der Waals surface area contributed by atoms with E-state index in [4.69, 9.17) is 9.47 Å². The molecule has 0 aromatic carbocycles. The van der Waals surface area contributed by atoms with Crippen LogP contribution in [0.4, 0.5) is 17.6 Å². The van der Waals surface area contributed by atoms with Crippen molar-refractivity contribution in [3.63, 3.8) is 0 Å². The van der Waals surface area contributed by atoms with E-state index in [2.05, 4.69) is 6.58 Å². The van der Waals surface area contributed by atoms with E-state index in [1.807, 2.05) is 0 Å². The summed E-state index contributed by atoms with van der Waals surface area (Å²) >= 11 is 0. The number of halogens is 4. The summed E-state index contributed by atoms with van der Waals surface area (Å²) in [4.78, 5) is 12.6.